The average molecular weight is 937 g/mol. The molecule has 3 aliphatic heterocycles. The second kappa shape index (κ2) is 16.5. The van der Waals surface area contributed by atoms with Crippen molar-refractivity contribution in [2.45, 2.75) is 200 Å². The molecule has 5 heterocycles. The van der Waals surface area contributed by atoms with Crippen LogP contribution in [0.15, 0.2) is 41.6 Å². The van der Waals surface area contributed by atoms with Crippen molar-refractivity contribution in [2.24, 2.45) is 57.2 Å². The Labute approximate surface area is 411 Å². The molecule has 3 aromatic rings. The number of hydrogen-bond acceptors (Lipinski definition) is 6. The molecule has 2 bridgehead atoms. The van der Waals surface area contributed by atoms with Crippen LogP contribution in [0.1, 0.15) is 185 Å². The summed E-state index contributed by atoms with van der Waals surface area (Å²) in [4.78, 5) is 34.0. The number of epoxide rings is 1. The fourth-order valence-corrected chi connectivity index (χ4v) is 18.5. The Bertz CT molecular complexity index is 2660. The largest absolute Gasteiger partial charge is 0.392 e. The lowest BCUT2D eigenvalue weighted by Gasteiger charge is -2.71. The Morgan fingerprint density at radius 3 is 2.29 bits per heavy atom. The number of rotatable bonds is 9. The number of aliphatic hydroxyl groups excluding tert-OH is 2. The SMILES string of the molecule is C[C@H](C[C@@H](O)[C@H]1OC1(C)C)C1=C2[C@@H]3Cn4c(c(Cc5cc(C6CCCC6)cc(C6CCOCC6)c5)c5[nH]ccc54)CC#C[C@H]4CC(=O)[C@@](C)(C5CCCC5)[C@@H]5CC[C@@](C)([C@H]([C@@H]3O)[C@@]54C)[C@@]2(C)CC1=O. The lowest BCUT2D eigenvalue weighted by atomic mass is 9.32. The van der Waals surface area contributed by atoms with Crippen molar-refractivity contribution in [1.29, 1.82) is 0 Å². The van der Waals surface area contributed by atoms with Gasteiger partial charge in [0.15, 0.2) is 5.78 Å². The average Bonchev–Trinajstić information content (AvgIpc) is 4.05. The van der Waals surface area contributed by atoms with E-state index in [1.54, 1.807) is 0 Å². The van der Waals surface area contributed by atoms with Crippen LogP contribution >= 0.6 is 0 Å². The molecule has 0 amide bonds. The van der Waals surface area contributed by atoms with Crippen LogP contribution in [0.3, 0.4) is 0 Å². The molecule has 8 heteroatoms. The van der Waals surface area contributed by atoms with Gasteiger partial charge in [0.2, 0.25) is 0 Å². The number of nitrogens with zero attached hydrogens (tertiary/aromatic N) is 1. The van der Waals surface area contributed by atoms with Gasteiger partial charge in [-0.3, -0.25) is 9.59 Å². The van der Waals surface area contributed by atoms with Gasteiger partial charge >= 0.3 is 0 Å². The molecule has 9 aliphatic rings. The van der Waals surface area contributed by atoms with Gasteiger partial charge in [0.1, 0.15) is 11.9 Å². The summed E-state index contributed by atoms with van der Waals surface area (Å²) in [5, 5.41) is 25.6. The number of carbonyl (C=O) groups is 2. The topological polar surface area (TPSA) is 117 Å². The van der Waals surface area contributed by atoms with Gasteiger partial charge in [-0.25, -0.2) is 0 Å². The number of hydrogen-bond donors (Lipinski definition) is 3. The highest BCUT2D eigenvalue weighted by Gasteiger charge is 2.75. The molecule has 12 atom stereocenters. The number of benzene rings is 1. The van der Waals surface area contributed by atoms with Crippen LogP contribution in [0.25, 0.3) is 11.0 Å². The molecule has 8 nitrogen and oxygen atoms in total. The van der Waals surface area contributed by atoms with E-state index in [-0.39, 0.29) is 47.1 Å². The zero-order valence-corrected chi connectivity index (χ0v) is 42.9. The Balaban J connectivity index is 1.04. The van der Waals surface area contributed by atoms with Crippen molar-refractivity contribution in [3.05, 3.63) is 69.6 Å². The Kier molecular flexibility index (Phi) is 11.2. The molecule has 1 aromatic carbocycles. The van der Waals surface area contributed by atoms with Gasteiger partial charge < -0.3 is 29.2 Å². The molecule has 0 radical (unpaired) electrons. The minimum Gasteiger partial charge on any atom is -0.392 e. The van der Waals surface area contributed by atoms with E-state index in [9.17, 15) is 10.2 Å². The van der Waals surface area contributed by atoms with E-state index in [2.05, 4.69) is 86.5 Å². The molecule has 2 aromatic heterocycles. The van der Waals surface area contributed by atoms with Gasteiger partial charge in [-0.15, -0.1) is 0 Å². The molecule has 3 N–H and O–H groups in total. The number of carbonyl (C=O) groups excluding carboxylic acids is 2. The van der Waals surface area contributed by atoms with Gasteiger partial charge in [-0.2, -0.15) is 0 Å². The number of ether oxygens (including phenoxy) is 2. The summed E-state index contributed by atoms with van der Waals surface area (Å²) in [6, 6.07) is 9.75. The first-order valence-corrected chi connectivity index (χ1v) is 27.7. The molecular weight excluding hydrogens is 857 g/mol. The first-order chi connectivity index (χ1) is 33.0. The highest BCUT2D eigenvalue weighted by molar-refractivity contribution is 6.01. The smallest absolute Gasteiger partial charge is 0.160 e. The number of aliphatic hydroxyl groups is 2. The first kappa shape index (κ1) is 46.6. The summed E-state index contributed by atoms with van der Waals surface area (Å²) in [5.74, 6) is 8.94. The molecule has 5 saturated carbocycles. The molecule has 7 fully saturated rings. The number of ketones is 2. The van der Waals surface area contributed by atoms with Crippen molar-refractivity contribution in [2.75, 3.05) is 13.2 Å². The highest BCUT2D eigenvalue weighted by atomic mass is 16.6. The fourth-order valence-electron chi connectivity index (χ4n) is 18.5. The summed E-state index contributed by atoms with van der Waals surface area (Å²) in [5.41, 5.74) is 8.71. The lowest BCUT2D eigenvalue weighted by Crippen LogP contribution is -2.70. The quantitative estimate of drug-likeness (QED) is 0.145. The minimum atomic E-state index is -0.768. The van der Waals surface area contributed by atoms with E-state index in [0.717, 1.165) is 80.3 Å². The number of H-pyrrole nitrogens is 1. The second-order valence-corrected chi connectivity index (χ2v) is 25.8. The van der Waals surface area contributed by atoms with Crippen LogP contribution in [0.2, 0.25) is 0 Å². The summed E-state index contributed by atoms with van der Waals surface area (Å²) in [6.07, 6.45) is 16.5. The van der Waals surface area contributed by atoms with E-state index in [0.29, 0.717) is 55.8 Å². The maximum atomic E-state index is 15.2. The number of aromatic amines is 1. The standard InChI is InChI=1S/C61H80N2O6/c1-35(27-47(64)56-57(2,3)69-56)51-48(65)33-59(5)52(51)44-34-63-45(18-12-17-42-32-50(66)60(6,41-15-10-11-16-41)49-19-23-58(59,4)55(54(44)67)61(42,49)7)43(53-46(63)20-24-62-53)30-36-28-39(37-13-8-9-14-37)31-40(29-36)38-21-25-68-26-22-38/h20,24,28-29,31,35,37-38,41-42,44,47,49,54-56,62,64,67H,8-11,13-16,18-19,21-23,25-27,30,32-34H2,1-7H3/t35-,42+,44+,47-,49+,54-,55+,56-,58+,59+,60+,61-/m1/s1. The molecular formula is C61H80N2O6. The summed E-state index contributed by atoms with van der Waals surface area (Å²) < 4.78 is 14.3. The van der Waals surface area contributed by atoms with Crippen molar-refractivity contribution >= 4 is 22.6 Å². The minimum absolute atomic E-state index is 0.0902. The molecule has 0 unspecified atom stereocenters. The van der Waals surface area contributed by atoms with Crippen LogP contribution in [0, 0.1) is 69.0 Å². The predicted molar refractivity (Wildman–Crippen MR) is 270 cm³/mol. The van der Waals surface area contributed by atoms with E-state index < -0.39 is 33.9 Å². The molecule has 0 spiro atoms. The molecule has 12 rings (SSSR count). The maximum absolute atomic E-state index is 15.2. The monoisotopic (exact) mass is 937 g/mol. The first-order valence-electron chi connectivity index (χ1n) is 27.7. The number of fused-ring (bicyclic) bond motifs is 7. The lowest BCUT2D eigenvalue weighted by molar-refractivity contribution is -0.236. The summed E-state index contributed by atoms with van der Waals surface area (Å²) >= 11 is 0. The van der Waals surface area contributed by atoms with Crippen molar-refractivity contribution in [1.82, 2.24) is 9.55 Å². The van der Waals surface area contributed by atoms with E-state index >= 15 is 9.59 Å². The normalized spacial score (nSPS) is 38.7. The number of aromatic nitrogens is 2. The van der Waals surface area contributed by atoms with E-state index in [1.165, 1.54) is 66.5 Å². The van der Waals surface area contributed by atoms with E-state index in [1.807, 2.05) is 13.8 Å². The van der Waals surface area contributed by atoms with E-state index in [4.69, 9.17) is 9.47 Å². The van der Waals surface area contributed by atoms with Crippen LogP contribution in [0.5, 0.6) is 0 Å². The third kappa shape index (κ3) is 6.88. The van der Waals surface area contributed by atoms with Crippen LogP contribution in [0.4, 0.5) is 0 Å². The Morgan fingerprint density at radius 1 is 0.913 bits per heavy atom. The van der Waals surface area contributed by atoms with Gasteiger partial charge in [0.05, 0.1) is 28.8 Å². The van der Waals surface area contributed by atoms with Crippen LogP contribution < -0.4 is 0 Å². The predicted octanol–water partition coefficient (Wildman–Crippen LogP) is 11.3. The number of nitrogens with one attached hydrogen (secondary N) is 1. The highest BCUT2D eigenvalue weighted by Crippen LogP contribution is 2.77. The summed E-state index contributed by atoms with van der Waals surface area (Å²) in [7, 11) is 0. The third-order valence-corrected chi connectivity index (χ3v) is 22.1. The maximum Gasteiger partial charge on any atom is 0.160 e. The van der Waals surface area contributed by atoms with Crippen molar-refractivity contribution < 1.29 is 29.3 Å². The van der Waals surface area contributed by atoms with Crippen LogP contribution in [-0.2, 0) is 38.4 Å². The molecule has 370 valence electrons. The second-order valence-electron chi connectivity index (χ2n) is 25.8. The zero-order chi connectivity index (χ0) is 48.0. The molecule has 69 heavy (non-hydrogen) atoms. The summed E-state index contributed by atoms with van der Waals surface area (Å²) in [6.45, 7) is 17.9. The van der Waals surface area contributed by atoms with Gasteiger partial charge in [0.25, 0.3) is 0 Å². The Morgan fingerprint density at radius 2 is 1.59 bits per heavy atom. The van der Waals surface area contributed by atoms with Crippen molar-refractivity contribution in [3.63, 3.8) is 0 Å². The van der Waals surface area contributed by atoms with Crippen molar-refractivity contribution in [3.8, 4) is 11.8 Å². The fraction of sp³-hybridized carbons (Fsp3) is 0.705. The van der Waals surface area contributed by atoms with Crippen LogP contribution in [-0.4, -0.2) is 68.5 Å². The third-order valence-electron chi connectivity index (χ3n) is 22.1. The van der Waals surface area contributed by atoms with Gasteiger partial charge in [0, 0.05) is 85.6 Å². The molecule has 6 aliphatic carbocycles. The van der Waals surface area contributed by atoms with Gasteiger partial charge in [-0.05, 0) is 152 Å². The van der Waals surface area contributed by atoms with Gasteiger partial charge in [-0.1, -0.05) is 90.3 Å². The molecule has 2 saturated heterocycles. The number of allylic oxidation sites excluding steroid dienone is 1. The zero-order valence-electron chi connectivity index (χ0n) is 42.9. The Hall–Kier alpha value is -3.48. The number of Topliss-reactive ketones (excluding diaryl/α,β-unsaturated/α-hetero) is 2.